The molecular weight excluding hydrogens is 464 g/mol. The second kappa shape index (κ2) is 11.3. The monoisotopic (exact) mass is 488 g/mol. The van der Waals surface area contributed by atoms with Gasteiger partial charge in [0, 0.05) is 41.0 Å². The second-order valence-electron chi connectivity index (χ2n) is 7.70. The van der Waals surface area contributed by atoms with Crippen molar-refractivity contribution in [2.45, 2.75) is 26.5 Å². The molecule has 0 aliphatic carbocycles. The maximum Gasteiger partial charge on any atom is 0.410 e. The number of carbonyl (C=O) groups is 2. The zero-order valence-electron chi connectivity index (χ0n) is 19.2. The van der Waals surface area contributed by atoms with Crippen LogP contribution < -0.4 is 10.1 Å². The average molecular weight is 489 g/mol. The minimum atomic E-state index is -0.423. The summed E-state index contributed by atoms with van der Waals surface area (Å²) in [5, 5.41) is 13.0. The van der Waals surface area contributed by atoms with E-state index in [0.717, 1.165) is 21.6 Å². The van der Waals surface area contributed by atoms with Gasteiger partial charge in [0.25, 0.3) is 0 Å². The van der Waals surface area contributed by atoms with E-state index in [4.69, 9.17) is 9.47 Å². The summed E-state index contributed by atoms with van der Waals surface area (Å²) in [4.78, 5) is 31.6. The van der Waals surface area contributed by atoms with Crippen molar-refractivity contribution in [3.63, 3.8) is 0 Å². The van der Waals surface area contributed by atoms with Gasteiger partial charge in [-0.25, -0.2) is 4.79 Å². The van der Waals surface area contributed by atoms with E-state index in [9.17, 15) is 14.9 Å². The molecule has 0 spiro atoms. The van der Waals surface area contributed by atoms with Crippen LogP contribution in [-0.2, 0) is 29.1 Å². The Hall–Kier alpha value is -4.16. The number of nitrogens with one attached hydrogen (secondary N) is 1. The molecule has 0 unspecified atom stereocenters. The van der Waals surface area contributed by atoms with E-state index in [1.807, 2.05) is 37.3 Å². The summed E-state index contributed by atoms with van der Waals surface area (Å²) < 4.78 is 11.0. The van der Waals surface area contributed by atoms with Crippen molar-refractivity contribution in [1.29, 1.82) is 5.26 Å². The highest BCUT2D eigenvalue weighted by Gasteiger charge is 2.28. The van der Waals surface area contributed by atoms with Crippen LogP contribution >= 0.6 is 11.3 Å². The number of ether oxygens (including phenoxy) is 2. The van der Waals surface area contributed by atoms with Crippen molar-refractivity contribution < 1.29 is 19.1 Å². The summed E-state index contributed by atoms with van der Waals surface area (Å²) in [5.41, 5.74) is 2.92. The van der Waals surface area contributed by atoms with E-state index in [1.165, 1.54) is 17.4 Å². The topological polar surface area (TPSA) is 105 Å². The first-order valence-corrected chi connectivity index (χ1v) is 12.0. The third-order valence-corrected chi connectivity index (χ3v) is 6.51. The van der Waals surface area contributed by atoms with Crippen LogP contribution in [0, 0.1) is 11.3 Å². The molecule has 35 heavy (non-hydrogen) atoms. The van der Waals surface area contributed by atoms with Crippen molar-refractivity contribution in [2.75, 3.05) is 18.5 Å². The molecule has 178 valence electrons. The van der Waals surface area contributed by atoms with Crippen LogP contribution in [0.1, 0.15) is 34.1 Å². The summed E-state index contributed by atoms with van der Waals surface area (Å²) in [7, 11) is 0. The predicted molar refractivity (Wildman–Crippen MR) is 133 cm³/mol. The molecule has 1 aliphatic heterocycles. The Morgan fingerprint density at radius 3 is 2.91 bits per heavy atom. The number of aromatic nitrogens is 1. The Bertz CT molecular complexity index is 1280. The van der Waals surface area contributed by atoms with Crippen molar-refractivity contribution in [3.8, 4) is 11.8 Å². The lowest BCUT2D eigenvalue weighted by Gasteiger charge is -2.26. The third kappa shape index (κ3) is 5.86. The zero-order chi connectivity index (χ0) is 24.6. The second-order valence-corrected chi connectivity index (χ2v) is 8.81. The standard InChI is InChI=1S/C26H24N4O4S/c1-2-33-22-8-4-3-7-19(22)9-10-24(31)29-25-21(14-27)20-11-13-30(16-23(20)35-25)26(32)34-17-18-6-5-12-28-15-18/h3-10,12,15H,2,11,13,16-17H2,1H3,(H,29,31)/b10-9+. The van der Waals surface area contributed by atoms with Crippen LogP contribution in [0.5, 0.6) is 5.75 Å². The molecule has 9 heteroatoms. The van der Waals surface area contributed by atoms with E-state index in [2.05, 4.69) is 16.4 Å². The van der Waals surface area contributed by atoms with E-state index in [1.54, 1.807) is 29.4 Å². The number of nitrogens with zero attached hydrogens (tertiary/aromatic N) is 3. The molecule has 2 amide bonds. The van der Waals surface area contributed by atoms with E-state index in [-0.39, 0.29) is 12.5 Å². The zero-order valence-corrected chi connectivity index (χ0v) is 20.0. The largest absolute Gasteiger partial charge is 0.493 e. The molecule has 1 N–H and O–H groups in total. The van der Waals surface area contributed by atoms with Crippen LogP contribution in [0.15, 0.2) is 54.9 Å². The fourth-order valence-corrected chi connectivity index (χ4v) is 4.93. The Kier molecular flexibility index (Phi) is 7.75. The molecular formula is C26H24N4O4S. The van der Waals surface area contributed by atoms with Gasteiger partial charge in [-0.15, -0.1) is 11.3 Å². The molecule has 0 atom stereocenters. The van der Waals surface area contributed by atoms with E-state index < -0.39 is 6.09 Å². The summed E-state index contributed by atoms with van der Waals surface area (Å²) in [6.45, 7) is 3.33. The molecule has 3 aromatic rings. The van der Waals surface area contributed by atoms with E-state index in [0.29, 0.717) is 42.4 Å². The van der Waals surface area contributed by atoms with Crippen LogP contribution in [0.4, 0.5) is 9.80 Å². The number of amides is 2. The number of para-hydroxylation sites is 1. The number of nitriles is 1. The maximum atomic E-state index is 12.6. The molecule has 0 fully saturated rings. The van der Waals surface area contributed by atoms with Crippen LogP contribution in [0.25, 0.3) is 6.08 Å². The quantitative estimate of drug-likeness (QED) is 0.481. The van der Waals surface area contributed by atoms with Gasteiger partial charge < -0.3 is 19.7 Å². The van der Waals surface area contributed by atoms with Crippen LogP contribution in [0.2, 0.25) is 0 Å². The SMILES string of the molecule is CCOc1ccccc1/C=C/C(=O)Nc1sc2c(c1C#N)CCN(C(=O)OCc1cccnc1)C2. The number of hydrogen-bond acceptors (Lipinski definition) is 7. The molecule has 1 aromatic carbocycles. The number of benzene rings is 1. The average Bonchev–Trinajstić information content (AvgIpc) is 3.23. The van der Waals surface area contributed by atoms with Crippen molar-refractivity contribution in [2.24, 2.45) is 0 Å². The number of anilines is 1. The Labute approximate surface area is 207 Å². The highest BCUT2D eigenvalue weighted by molar-refractivity contribution is 7.16. The Morgan fingerprint density at radius 2 is 2.14 bits per heavy atom. The Balaban J connectivity index is 1.41. The molecule has 4 rings (SSSR count). The normalized spacial score (nSPS) is 12.6. The minimum absolute atomic E-state index is 0.143. The summed E-state index contributed by atoms with van der Waals surface area (Å²) >= 11 is 1.31. The number of carbonyl (C=O) groups excluding carboxylic acids is 2. The van der Waals surface area contributed by atoms with Crippen LogP contribution in [0.3, 0.4) is 0 Å². The number of rotatable bonds is 7. The predicted octanol–water partition coefficient (Wildman–Crippen LogP) is 4.76. The van der Waals surface area contributed by atoms with Crippen LogP contribution in [-0.4, -0.2) is 35.0 Å². The maximum absolute atomic E-state index is 12.6. The molecule has 3 heterocycles. The van der Waals surface area contributed by atoms with Gasteiger partial charge in [0.15, 0.2) is 0 Å². The summed E-state index contributed by atoms with van der Waals surface area (Å²) in [6.07, 6.45) is 6.50. The first-order valence-electron chi connectivity index (χ1n) is 11.1. The lowest BCUT2D eigenvalue weighted by Crippen LogP contribution is -2.35. The molecule has 2 aromatic heterocycles. The molecule has 0 saturated heterocycles. The van der Waals surface area contributed by atoms with Crippen molar-refractivity contribution in [3.05, 3.63) is 82.0 Å². The smallest absolute Gasteiger partial charge is 0.410 e. The highest BCUT2D eigenvalue weighted by atomic mass is 32.1. The lowest BCUT2D eigenvalue weighted by atomic mass is 10.0. The van der Waals surface area contributed by atoms with Gasteiger partial charge in [0.2, 0.25) is 5.91 Å². The fraction of sp³-hybridized carbons (Fsp3) is 0.231. The van der Waals surface area contributed by atoms with Crippen molar-refractivity contribution in [1.82, 2.24) is 9.88 Å². The molecule has 0 bridgehead atoms. The molecule has 0 radical (unpaired) electrons. The minimum Gasteiger partial charge on any atom is -0.493 e. The molecule has 8 nitrogen and oxygen atoms in total. The summed E-state index contributed by atoms with van der Waals surface area (Å²) in [5.74, 6) is 0.345. The number of thiophene rings is 1. The number of fused-ring (bicyclic) bond motifs is 1. The highest BCUT2D eigenvalue weighted by Crippen LogP contribution is 2.37. The lowest BCUT2D eigenvalue weighted by molar-refractivity contribution is -0.111. The van der Waals surface area contributed by atoms with Gasteiger partial charge in [-0.3, -0.25) is 9.78 Å². The first kappa shape index (κ1) is 24.0. The van der Waals surface area contributed by atoms with Gasteiger partial charge in [-0.2, -0.15) is 5.26 Å². The van der Waals surface area contributed by atoms with Gasteiger partial charge in [-0.05, 0) is 37.1 Å². The van der Waals surface area contributed by atoms with Gasteiger partial charge in [-0.1, -0.05) is 24.3 Å². The molecule has 0 saturated carbocycles. The number of hydrogen-bond donors (Lipinski definition) is 1. The third-order valence-electron chi connectivity index (χ3n) is 5.38. The fourth-order valence-electron chi connectivity index (χ4n) is 3.71. The van der Waals surface area contributed by atoms with Crippen molar-refractivity contribution >= 4 is 34.4 Å². The van der Waals surface area contributed by atoms with Gasteiger partial charge in [0.05, 0.1) is 18.7 Å². The first-order chi connectivity index (χ1) is 17.1. The summed E-state index contributed by atoms with van der Waals surface area (Å²) in [6, 6.07) is 13.3. The van der Waals surface area contributed by atoms with Gasteiger partial charge >= 0.3 is 6.09 Å². The molecule has 1 aliphatic rings. The Morgan fingerprint density at radius 1 is 1.29 bits per heavy atom. The van der Waals surface area contributed by atoms with Gasteiger partial charge in [0.1, 0.15) is 23.4 Å². The van der Waals surface area contributed by atoms with E-state index >= 15 is 0 Å². The number of pyridine rings is 1.